The lowest BCUT2D eigenvalue weighted by atomic mass is 10.2. The Labute approximate surface area is 109 Å². The third kappa shape index (κ3) is 2.84. The minimum Gasteiger partial charge on any atom is -0.329 e. The third-order valence-electron chi connectivity index (χ3n) is 2.59. The predicted octanol–water partition coefficient (Wildman–Crippen LogP) is 3.07. The van der Waals surface area contributed by atoms with Gasteiger partial charge in [-0.15, -0.1) is 0 Å². The molecule has 0 bridgehead atoms. The summed E-state index contributed by atoms with van der Waals surface area (Å²) in [5.74, 6) is 0.905. The summed E-state index contributed by atoms with van der Waals surface area (Å²) in [6.07, 6.45) is 1.79. The van der Waals surface area contributed by atoms with Crippen LogP contribution in [0.5, 0.6) is 0 Å². The number of rotatable bonds is 3. The molecule has 0 amide bonds. The molecule has 2 N–H and O–H groups in total. The topological polar surface area (TPSA) is 42.1 Å². The number of nitrogens with zero attached hydrogens (tertiary/aromatic N) is 2. The second-order valence-electron chi connectivity index (χ2n) is 3.77. The lowest BCUT2D eigenvalue weighted by Gasteiger charge is -2.18. The number of benzene rings is 1. The van der Waals surface area contributed by atoms with E-state index in [-0.39, 0.29) is 0 Å². The molecule has 0 aliphatic heterocycles. The van der Waals surface area contributed by atoms with Gasteiger partial charge < -0.3 is 10.6 Å². The first-order valence-corrected chi connectivity index (χ1v) is 6.14. The van der Waals surface area contributed by atoms with E-state index in [4.69, 9.17) is 5.73 Å². The van der Waals surface area contributed by atoms with Crippen molar-refractivity contribution in [3.63, 3.8) is 0 Å². The minimum atomic E-state index is 0.551. The van der Waals surface area contributed by atoms with Crippen LogP contribution in [-0.2, 0) is 6.54 Å². The smallest absolute Gasteiger partial charge is 0.132 e. The number of pyridine rings is 1. The quantitative estimate of drug-likeness (QED) is 0.945. The van der Waals surface area contributed by atoms with Gasteiger partial charge in [0.1, 0.15) is 5.82 Å². The SMILES string of the molecule is CN(c1cccc(CN)c1)c1ccc(Br)cn1. The molecule has 1 aromatic heterocycles. The van der Waals surface area contributed by atoms with Crippen LogP contribution in [0.1, 0.15) is 5.56 Å². The van der Waals surface area contributed by atoms with Crippen molar-refractivity contribution in [3.05, 3.63) is 52.6 Å². The minimum absolute atomic E-state index is 0.551. The van der Waals surface area contributed by atoms with Crippen LogP contribution in [0.3, 0.4) is 0 Å². The largest absolute Gasteiger partial charge is 0.329 e. The Bertz CT molecular complexity index is 496. The zero-order chi connectivity index (χ0) is 12.3. The standard InChI is InChI=1S/C13H14BrN3/c1-17(13-6-5-11(14)9-16-13)12-4-2-3-10(7-12)8-15/h2-7,9H,8,15H2,1H3. The van der Waals surface area contributed by atoms with Crippen LogP contribution in [0.15, 0.2) is 47.1 Å². The molecule has 0 saturated carbocycles. The molecule has 17 heavy (non-hydrogen) atoms. The van der Waals surface area contributed by atoms with Crippen LogP contribution < -0.4 is 10.6 Å². The van der Waals surface area contributed by atoms with Crippen LogP contribution in [0.2, 0.25) is 0 Å². The summed E-state index contributed by atoms with van der Waals surface area (Å²) < 4.78 is 0.977. The van der Waals surface area contributed by atoms with Crippen LogP contribution in [-0.4, -0.2) is 12.0 Å². The fourth-order valence-corrected chi connectivity index (χ4v) is 1.83. The van der Waals surface area contributed by atoms with Gasteiger partial charge in [-0.05, 0) is 45.8 Å². The number of anilines is 2. The van der Waals surface area contributed by atoms with Crippen molar-refractivity contribution >= 4 is 27.4 Å². The summed E-state index contributed by atoms with van der Waals surface area (Å²) in [7, 11) is 1.99. The van der Waals surface area contributed by atoms with Gasteiger partial charge in [0.2, 0.25) is 0 Å². The molecule has 0 saturated heterocycles. The van der Waals surface area contributed by atoms with Crippen molar-refractivity contribution in [2.24, 2.45) is 5.73 Å². The van der Waals surface area contributed by atoms with Gasteiger partial charge in [0.25, 0.3) is 0 Å². The molecular formula is C13H14BrN3. The molecule has 1 aromatic carbocycles. The van der Waals surface area contributed by atoms with Crippen molar-refractivity contribution < 1.29 is 0 Å². The molecule has 0 aliphatic carbocycles. The zero-order valence-corrected chi connectivity index (χ0v) is 11.2. The van der Waals surface area contributed by atoms with Gasteiger partial charge >= 0.3 is 0 Å². The van der Waals surface area contributed by atoms with E-state index in [0.29, 0.717) is 6.54 Å². The van der Waals surface area contributed by atoms with Gasteiger partial charge in [-0.25, -0.2) is 4.98 Å². The molecule has 4 heteroatoms. The lowest BCUT2D eigenvalue weighted by molar-refractivity contribution is 1.06. The average Bonchev–Trinajstić information content (AvgIpc) is 2.39. The zero-order valence-electron chi connectivity index (χ0n) is 9.60. The fraction of sp³-hybridized carbons (Fsp3) is 0.154. The van der Waals surface area contributed by atoms with Gasteiger partial charge in [-0.2, -0.15) is 0 Å². The lowest BCUT2D eigenvalue weighted by Crippen LogP contribution is -2.11. The summed E-state index contributed by atoms with van der Waals surface area (Å²) in [4.78, 5) is 6.39. The monoisotopic (exact) mass is 291 g/mol. The fourth-order valence-electron chi connectivity index (χ4n) is 1.59. The summed E-state index contributed by atoms with van der Waals surface area (Å²) in [5, 5.41) is 0. The second-order valence-corrected chi connectivity index (χ2v) is 4.68. The Kier molecular flexibility index (Phi) is 3.76. The average molecular weight is 292 g/mol. The maximum absolute atomic E-state index is 5.64. The molecule has 1 heterocycles. The van der Waals surface area contributed by atoms with E-state index in [1.54, 1.807) is 6.20 Å². The summed E-state index contributed by atoms with van der Waals surface area (Å²) in [6, 6.07) is 12.1. The molecule has 0 unspecified atom stereocenters. The highest BCUT2D eigenvalue weighted by molar-refractivity contribution is 9.10. The van der Waals surface area contributed by atoms with E-state index >= 15 is 0 Å². The van der Waals surface area contributed by atoms with E-state index in [0.717, 1.165) is 21.5 Å². The summed E-state index contributed by atoms with van der Waals surface area (Å²) in [5.41, 5.74) is 7.84. The Hall–Kier alpha value is -1.39. The van der Waals surface area contributed by atoms with Crippen molar-refractivity contribution in [3.8, 4) is 0 Å². The van der Waals surface area contributed by atoms with Crippen LogP contribution in [0.25, 0.3) is 0 Å². The Balaban J connectivity index is 2.29. The highest BCUT2D eigenvalue weighted by Crippen LogP contribution is 2.23. The molecule has 2 aromatic rings. The first-order chi connectivity index (χ1) is 8.20. The predicted molar refractivity (Wildman–Crippen MR) is 74.3 cm³/mol. The van der Waals surface area contributed by atoms with E-state index in [2.05, 4.69) is 27.0 Å². The molecule has 0 radical (unpaired) electrons. The molecule has 0 aliphatic rings. The second kappa shape index (κ2) is 5.29. The maximum atomic E-state index is 5.64. The number of hydrogen-bond donors (Lipinski definition) is 1. The van der Waals surface area contributed by atoms with E-state index in [9.17, 15) is 0 Å². The molecule has 88 valence electrons. The first kappa shape index (κ1) is 12.1. The van der Waals surface area contributed by atoms with Gasteiger partial charge in [-0.3, -0.25) is 0 Å². The summed E-state index contributed by atoms with van der Waals surface area (Å²) in [6.45, 7) is 0.551. The summed E-state index contributed by atoms with van der Waals surface area (Å²) >= 11 is 3.38. The van der Waals surface area contributed by atoms with Gasteiger partial charge in [0.15, 0.2) is 0 Å². The Morgan fingerprint density at radius 3 is 2.76 bits per heavy atom. The Morgan fingerprint density at radius 2 is 2.12 bits per heavy atom. The van der Waals surface area contributed by atoms with Crippen LogP contribution >= 0.6 is 15.9 Å². The number of hydrogen-bond acceptors (Lipinski definition) is 3. The molecular weight excluding hydrogens is 278 g/mol. The normalized spacial score (nSPS) is 10.3. The highest BCUT2D eigenvalue weighted by atomic mass is 79.9. The number of halogens is 1. The van der Waals surface area contributed by atoms with E-state index < -0.39 is 0 Å². The van der Waals surface area contributed by atoms with Crippen molar-refractivity contribution in [1.29, 1.82) is 0 Å². The first-order valence-electron chi connectivity index (χ1n) is 5.35. The molecule has 3 nitrogen and oxygen atoms in total. The van der Waals surface area contributed by atoms with Gasteiger partial charge in [0.05, 0.1) is 0 Å². The highest BCUT2D eigenvalue weighted by Gasteiger charge is 2.05. The van der Waals surface area contributed by atoms with Crippen LogP contribution in [0, 0.1) is 0 Å². The molecule has 0 fully saturated rings. The van der Waals surface area contributed by atoms with Gasteiger partial charge in [-0.1, -0.05) is 12.1 Å². The van der Waals surface area contributed by atoms with Crippen molar-refractivity contribution in [1.82, 2.24) is 4.98 Å². The molecule has 2 rings (SSSR count). The number of aromatic nitrogens is 1. The Morgan fingerprint density at radius 1 is 1.29 bits per heavy atom. The van der Waals surface area contributed by atoms with E-state index in [1.165, 1.54) is 0 Å². The number of nitrogens with two attached hydrogens (primary N) is 1. The molecule has 0 atom stereocenters. The maximum Gasteiger partial charge on any atom is 0.132 e. The van der Waals surface area contributed by atoms with Crippen LogP contribution in [0.4, 0.5) is 11.5 Å². The van der Waals surface area contributed by atoms with Crippen molar-refractivity contribution in [2.75, 3.05) is 11.9 Å². The van der Waals surface area contributed by atoms with Crippen molar-refractivity contribution in [2.45, 2.75) is 6.54 Å². The molecule has 0 spiro atoms. The van der Waals surface area contributed by atoms with Gasteiger partial charge in [0, 0.05) is 29.9 Å². The van der Waals surface area contributed by atoms with E-state index in [1.807, 2.05) is 42.3 Å². The third-order valence-corrected chi connectivity index (χ3v) is 3.06.